The van der Waals surface area contributed by atoms with E-state index in [0.717, 1.165) is 12.8 Å². The Bertz CT molecular complexity index is 940. The minimum Gasteiger partial charge on any atom is -0.480 e. The van der Waals surface area contributed by atoms with Gasteiger partial charge in [-0.2, -0.15) is 5.10 Å². The summed E-state index contributed by atoms with van der Waals surface area (Å²) >= 11 is 6.06. The molecule has 0 atom stereocenters. The van der Waals surface area contributed by atoms with Crippen molar-refractivity contribution in [2.45, 2.75) is 32.9 Å². The van der Waals surface area contributed by atoms with Gasteiger partial charge in [0.05, 0.1) is 6.20 Å². The molecule has 0 N–H and O–H groups in total. The Morgan fingerprint density at radius 1 is 1.27 bits per heavy atom. The zero-order chi connectivity index (χ0) is 18.5. The predicted octanol–water partition coefficient (Wildman–Crippen LogP) is 3.46. The second-order valence-corrected chi connectivity index (χ2v) is 5.88. The van der Waals surface area contributed by atoms with Crippen molar-refractivity contribution in [3.8, 4) is 17.2 Å². The van der Waals surface area contributed by atoms with Gasteiger partial charge in [-0.1, -0.05) is 24.9 Å². The molecular formula is C17H16ClFN4O3. The monoisotopic (exact) mass is 378 g/mol. The zero-order valence-electron chi connectivity index (χ0n) is 14.0. The van der Waals surface area contributed by atoms with Crippen molar-refractivity contribution in [1.29, 1.82) is 0 Å². The number of aryl methyl sites for hydroxylation is 1. The molecule has 0 spiro atoms. The van der Waals surface area contributed by atoms with Crippen LogP contribution in [0.3, 0.4) is 0 Å². The Kier molecular flexibility index (Phi) is 5.62. The summed E-state index contributed by atoms with van der Waals surface area (Å²) in [5.74, 6) is 0.219. The van der Waals surface area contributed by atoms with Gasteiger partial charge in [0.15, 0.2) is 17.4 Å². The van der Waals surface area contributed by atoms with Gasteiger partial charge in [0.25, 0.3) is 11.4 Å². The second-order valence-electron chi connectivity index (χ2n) is 5.50. The molecule has 1 aromatic carbocycles. The Balaban J connectivity index is 1.69. The number of rotatable bonds is 7. The molecule has 9 heteroatoms. The fraction of sp³-hybridized carbons (Fsp3) is 0.294. The van der Waals surface area contributed by atoms with Gasteiger partial charge < -0.3 is 9.15 Å². The molecule has 0 aliphatic carbocycles. The van der Waals surface area contributed by atoms with E-state index in [4.69, 9.17) is 20.8 Å². The first-order chi connectivity index (χ1) is 12.6. The van der Waals surface area contributed by atoms with Crippen LogP contribution in [-0.4, -0.2) is 20.0 Å². The molecule has 0 radical (unpaired) electrons. The molecule has 0 fully saturated rings. The van der Waals surface area contributed by atoms with Crippen LogP contribution < -0.4 is 10.3 Å². The normalized spacial score (nSPS) is 10.9. The van der Waals surface area contributed by atoms with Gasteiger partial charge in [-0.25, -0.2) is 9.07 Å². The molecule has 0 saturated carbocycles. The maximum Gasteiger partial charge on any atom is 0.289 e. The average Bonchev–Trinajstić information content (AvgIpc) is 3.12. The minimum atomic E-state index is -0.407. The molecule has 0 unspecified atom stereocenters. The first-order valence-electron chi connectivity index (χ1n) is 8.05. The zero-order valence-corrected chi connectivity index (χ0v) is 14.7. The quantitative estimate of drug-likeness (QED) is 0.626. The second kappa shape index (κ2) is 8.09. The summed E-state index contributed by atoms with van der Waals surface area (Å²) in [6.07, 6.45) is 3.16. The van der Waals surface area contributed by atoms with Crippen molar-refractivity contribution in [1.82, 2.24) is 20.0 Å². The minimum absolute atomic E-state index is 0.0469. The Morgan fingerprint density at radius 2 is 2.04 bits per heavy atom. The van der Waals surface area contributed by atoms with Crippen molar-refractivity contribution >= 4 is 11.6 Å². The van der Waals surface area contributed by atoms with Crippen LogP contribution in [-0.2, 0) is 13.2 Å². The van der Waals surface area contributed by atoms with Crippen molar-refractivity contribution in [3.63, 3.8) is 0 Å². The van der Waals surface area contributed by atoms with E-state index in [1.807, 2.05) is 6.92 Å². The summed E-state index contributed by atoms with van der Waals surface area (Å²) < 4.78 is 25.2. The molecule has 2 heterocycles. The van der Waals surface area contributed by atoms with Crippen LogP contribution in [0.25, 0.3) is 11.5 Å². The number of hydrogen-bond donors (Lipinski definition) is 0. The first kappa shape index (κ1) is 18.1. The van der Waals surface area contributed by atoms with E-state index >= 15 is 0 Å². The van der Waals surface area contributed by atoms with Crippen LogP contribution in [0.4, 0.5) is 4.39 Å². The van der Waals surface area contributed by atoms with Gasteiger partial charge in [-0.05, 0) is 30.7 Å². The molecule has 3 aromatic rings. The Hall–Kier alpha value is -2.74. The SMILES string of the molecule is CCCCn1ncc(OCc2nnc(-c3ccc(F)cc3)o2)c(Cl)c1=O. The third-order valence-electron chi connectivity index (χ3n) is 3.59. The lowest BCUT2D eigenvalue weighted by Crippen LogP contribution is -2.23. The molecule has 0 aliphatic heterocycles. The third kappa shape index (κ3) is 4.08. The van der Waals surface area contributed by atoms with Crippen molar-refractivity contribution in [2.24, 2.45) is 0 Å². The van der Waals surface area contributed by atoms with Gasteiger partial charge in [-0.3, -0.25) is 4.79 Å². The lowest BCUT2D eigenvalue weighted by Gasteiger charge is -2.08. The smallest absolute Gasteiger partial charge is 0.289 e. The van der Waals surface area contributed by atoms with Gasteiger partial charge in [0.2, 0.25) is 5.89 Å². The van der Waals surface area contributed by atoms with Crippen LogP contribution in [0, 0.1) is 5.82 Å². The van der Waals surface area contributed by atoms with E-state index in [2.05, 4.69) is 15.3 Å². The number of unbranched alkanes of at least 4 members (excludes halogenated alkanes) is 1. The highest BCUT2D eigenvalue weighted by atomic mass is 35.5. The topological polar surface area (TPSA) is 83.0 Å². The summed E-state index contributed by atoms with van der Waals surface area (Å²) in [6.45, 7) is 2.45. The lowest BCUT2D eigenvalue weighted by atomic mass is 10.2. The number of aromatic nitrogens is 4. The van der Waals surface area contributed by atoms with Gasteiger partial charge in [-0.15, -0.1) is 10.2 Å². The highest BCUT2D eigenvalue weighted by Gasteiger charge is 2.13. The third-order valence-corrected chi connectivity index (χ3v) is 3.93. The van der Waals surface area contributed by atoms with Crippen molar-refractivity contribution in [3.05, 3.63) is 57.5 Å². The Morgan fingerprint density at radius 3 is 2.77 bits per heavy atom. The molecular weight excluding hydrogens is 363 g/mol. The van der Waals surface area contributed by atoms with E-state index in [1.54, 1.807) is 0 Å². The van der Waals surface area contributed by atoms with E-state index in [9.17, 15) is 9.18 Å². The molecule has 0 saturated heterocycles. The highest BCUT2D eigenvalue weighted by molar-refractivity contribution is 6.31. The number of benzene rings is 1. The summed E-state index contributed by atoms with van der Waals surface area (Å²) in [4.78, 5) is 12.1. The van der Waals surface area contributed by atoms with Gasteiger partial charge >= 0.3 is 0 Å². The fourth-order valence-electron chi connectivity index (χ4n) is 2.18. The van der Waals surface area contributed by atoms with Crippen LogP contribution in [0.1, 0.15) is 25.7 Å². The van der Waals surface area contributed by atoms with E-state index in [1.165, 1.54) is 35.1 Å². The largest absolute Gasteiger partial charge is 0.480 e. The summed E-state index contributed by atoms with van der Waals surface area (Å²) in [7, 11) is 0. The number of nitrogens with zero attached hydrogens (tertiary/aromatic N) is 4. The van der Waals surface area contributed by atoms with Crippen molar-refractivity contribution in [2.75, 3.05) is 0 Å². The van der Waals surface area contributed by atoms with Gasteiger partial charge in [0, 0.05) is 12.1 Å². The van der Waals surface area contributed by atoms with E-state index < -0.39 is 5.56 Å². The highest BCUT2D eigenvalue weighted by Crippen LogP contribution is 2.21. The van der Waals surface area contributed by atoms with Crippen molar-refractivity contribution < 1.29 is 13.5 Å². The molecule has 136 valence electrons. The molecule has 0 bridgehead atoms. The lowest BCUT2D eigenvalue weighted by molar-refractivity contribution is 0.261. The van der Waals surface area contributed by atoms with Crippen LogP contribution >= 0.6 is 11.6 Å². The predicted molar refractivity (Wildman–Crippen MR) is 92.4 cm³/mol. The standard InChI is InChI=1S/C17H16ClFN4O3/c1-2-3-8-23-17(24)15(18)13(9-20-23)25-10-14-21-22-16(26-14)11-4-6-12(19)7-5-11/h4-7,9H,2-3,8,10H2,1H3. The molecule has 26 heavy (non-hydrogen) atoms. The fourth-order valence-corrected chi connectivity index (χ4v) is 2.38. The molecule has 0 amide bonds. The number of ether oxygens (including phenoxy) is 1. The molecule has 3 rings (SSSR count). The summed E-state index contributed by atoms with van der Waals surface area (Å²) in [6, 6.07) is 5.66. The first-order valence-corrected chi connectivity index (χ1v) is 8.43. The Labute approximate surface area is 153 Å². The maximum atomic E-state index is 13.0. The van der Waals surface area contributed by atoms with Crippen LogP contribution in [0.5, 0.6) is 5.75 Å². The van der Waals surface area contributed by atoms with Crippen LogP contribution in [0.2, 0.25) is 5.02 Å². The van der Waals surface area contributed by atoms with E-state index in [-0.39, 0.29) is 35.0 Å². The average molecular weight is 379 g/mol. The summed E-state index contributed by atoms with van der Waals surface area (Å²) in [5.41, 5.74) is 0.179. The number of hydrogen-bond acceptors (Lipinski definition) is 6. The van der Waals surface area contributed by atoms with Crippen LogP contribution in [0.15, 0.2) is 39.7 Å². The maximum absolute atomic E-state index is 13.0. The summed E-state index contributed by atoms with van der Waals surface area (Å²) in [5, 5.41) is 11.7. The molecule has 0 aliphatic rings. The molecule has 7 nitrogen and oxygen atoms in total. The van der Waals surface area contributed by atoms with Gasteiger partial charge in [0.1, 0.15) is 5.82 Å². The number of halogens is 2. The molecule has 2 aromatic heterocycles. The van der Waals surface area contributed by atoms with E-state index in [0.29, 0.717) is 12.1 Å².